The van der Waals surface area contributed by atoms with Gasteiger partial charge < -0.3 is 8.98 Å². The maximum atomic E-state index is 6.72. The number of furan rings is 1. The molecule has 5 nitrogen and oxygen atoms in total. The smallest absolute Gasteiger partial charge is 0.164 e. The number of rotatable bonds is 7. The summed E-state index contributed by atoms with van der Waals surface area (Å²) in [5.41, 5.74) is 14.6. The molecule has 0 bridgehead atoms. The second-order valence-electron chi connectivity index (χ2n) is 15.6. The molecule has 3 heterocycles. The summed E-state index contributed by atoms with van der Waals surface area (Å²) < 4.78 is 9.10. The molecule has 0 unspecified atom stereocenters. The summed E-state index contributed by atoms with van der Waals surface area (Å²) >= 11 is 0. The molecule has 0 atom stereocenters. The third kappa shape index (κ3) is 6.14. The second-order valence-corrected chi connectivity index (χ2v) is 15.6. The fraction of sp³-hybridized carbons (Fsp3) is 0. The molecule has 3 aromatic heterocycles. The zero-order valence-electron chi connectivity index (χ0n) is 33.5. The van der Waals surface area contributed by atoms with Gasteiger partial charge in [0, 0.05) is 43.9 Å². The molecular formula is C57H36N4O. The van der Waals surface area contributed by atoms with E-state index in [1.807, 2.05) is 48.5 Å². The first kappa shape index (κ1) is 35.5. The molecule has 0 aliphatic carbocycles. The van der Waals surface area contributed by atoms with Crippen LogP contribution in [0.3, 0.4) is 0 Å². The van der Waals surface area contributed by atoms with Crippen LogP contribution in [0.5, 0.6) is 0 Å². The molecule has 0 saturated heterocycles. The number of hydrogen-bond acceptors (Lipinski definition) is 4. The third-order valence-electron chi connectivity index (χ3n) is 11.9. The highest BCUT2D eigenvalue weighted by Crippen LogP contribution is 2.42. The van der Waals surface area contributed by atoms with Crippen molar-refractivity contribution in [1.29, 1.82) is 0 Å². The second kappa shape index (κ2) is 14.7. The summed E-state index contributed by atoms with van der Waals surface area (Å²) in [6, 6.07) is 76.3. The van der Waals surface area contributed by atoms with Gasteiger partial charge in [-0.05, 0) is 75.8 Å². The van der Waals surface area contributed by atoms with Gasteiger partial charge in [0.25, 0.3) is 0 Å². The van der Waals surface area contributed by atoms with E-state index in [0.29, 0.717) is 17.5 Å². The van der Waals surface area contributed by atoms with E-state index >= 15 is 0 Å². The third-order valence-corrected chi connectivity index (χ3v) is 11.9. The van der Waals surface area contributed by atoms with Gasteiger partial charge in [-0.15, -0.1) is 0 Å². The number of hydrogen-bond donors (Lipinski definition) is 0. The molecule has 0 aliphatic rings. The summed E-state index contributed by atoms with van der Waals surface area (Å²) in [5.74, 6) is 1.80. The van der Waals surface area contributed by atoms with Gasteiger partial charge in [0.15, 0.2) is 17.5 Å². The lowest BCUT2D eigenvalue weighted by atomic mass is 10.00. The minimum absolute atomic E-state index is 0.582. The average Bonchev–Trinajstić information content (AvgIpc) is 3.89. The Balaban J connectivity index is 1.04. The van der Waals surface area contributed by atoms with Crippen LogP contribution in [0.15, 0.2) is 223 Å². The molecule has 0 fully saturated rings. The van der Waals surface area contributed by atoms with Crippen molar-refractivity contribution in [1.82, 2.24) is 19.5 Å². The molecule has 290 valence electrons. The van der Waals surface area contributed by atoms with Crippen LogP contribution < -0.4 is 0 Å². The SMILES string of the molecule is c1ccc(-c2ccc(-c3cccc(-n4c5ccccc5c5cc6oc7cccc(-c8nc(-c9ccccc9)nc(-c9cccc(-c%10ccccc%10)c9)n8)c7c6cc54)c3)cc2)cc1. The summed E-state index contributed by atoms with van der Waals surface area (Å²) in [4.78, 5) is 15.5. The standard InChI is InChI=1S/C57H36N4O/c1-4-15-37(16-5-1)39-29-31-40(32-30-39)43-22-13-24-45(34-43)61-50-27-11-10-25-46(50)48-36-53-49(35-51(48)61)54-47(26-14-28-52(54)62-53)57-59-55(41-19-8-3-9-20-41)58-56(60-57)44-23-12-21-42(33-44)38-17-6-2-7-18-38/h1-36H. The van der Waals surface area contributed by atoms with Crippen molar-refractivity contribution >= 4 is 43.7 Å². The van der Waals surface area contributed by atoms with Crippen LogP contribution in [0.4, 0.5) is 0 Å². The number of nitrogens with zero attached hydrogens (tertiary/aromatic N) is 4. The van der Waals surface area contributed by atoms with Crippen molar-refractivity contribution in [3.05, 3.63) is 218 Å². The number of fused-ring (bicyclic) bond motifs is 6. The molecule has 9 aromatic carbocycles. The maximum absolute atomic E-state index is 6.72. The van der Waals surface area contributed by atoms with Crippen LogP contribution in [0.25, 0.3) is 117 Å². The molecule has 62 heavy (non-hydrogen) atoms. The van der Waals surface area contributed by atoms with Crippen molar-refractivity contribution in [2.75, 3.05) is 0 Å². The van der Waals surface area contributed by atoms with E-state index in [9.17, 15) is 0 Å². The van der Waals surface area contributed by atoms with E-state index in [1.165, 1.54) is 16.7 Å². The fourth-order valence-corrected chi connectivity index (χ4v) is 8.87. The average molecular weight is 793 g/mol. The molecule has 0 radical (unpaired) electrons. The Morgan fingerprint density at radius 1 is 0.306 bits per heavy atom. The Labute approximate surface area is 357 Å². The Hall–Kier alpha value is -8.41. The molecular weight excluding hydrogens is 757 g/mol. The van der Waals surface area contributed by atoms with Gasteiger partial charge in [-0.2, -0.15) is 0 Å². The zero-order valence-corrected chi connectivity index (χ0v) is 33.5. The van der Waals surface area contributed by atoms with Gasteiger partial charge in [0.05, 0.1) is 11.0 Å². The van der Waals surface area contributed by atoms with Crippen molar-refractivity contribution in [2.24, 2.45) is 0 Å². The molecule has 0 amide bonds. The van der Waals surface area contributed by atoms with Gasteiger partial charge in [-0.25, -0.2) is 15.0 Å². The Bertz CT molecular complexity index is 3610. The van der Waals surface area contributed by atoms with Crippen molar-refractivity contribution in [2.45, 2.75) is 0 Å². The van der Waals surface area contributed by atoms with Gasteiger partial charge in [0.1, 0.15) is 11.2 Å². The molecule has 12 aromatic rings. The lowest BCUT2D eigenvalue weighted by molar-refractivity contribution is 0.669. The van der Waals surface area contributed by atoms with Crippen molar-refractivity contribution in [3.8, 4) is 73.2 Å². The Morgan fingerprint density at radius 2 is 0.839 bits per heavy atom. The minimum Gasteiger partial charge on any atom is -0.456 e. The highest BCUT2D eigenvalue weighted by molar-refractivity contribution is 6.19. The molecule has 0 N–H and O–H groups in total. The number of benzene rings is 9. The lowest BCUT2D eigenvalue weighted by Crippen LogP contribution is -2.00. The lowest BCUT2D eigenvalue weighted by Gasteiger charge is -2.11. The molecule has 0 spiro atoms. The predicted octanol–water partition coefficient (Wildman–Crippen LogP) is 14.9. The predicted molar refractivity (Wildman–Crippen MR) is 254 cm³/mol. The number of aromatic nitrogens is 4. The van der Waals surface area contributed by atoms with Crippen LogP contribution in [-0.4, -0.2) is 19.5 Å². The first-order valence-corrected chi connectivity index (χ1v) is 20.8. The molecule has 5 heteroatoms. The van der Waals surface area contributed by atoms with Crippen LogP contribution in [-0.2, 0) is 0 Å². The van der Waals surface area contributed by atoms with Crippen molar-refractivity contribution < 1.29 is 4.42 Å². The quantitative estimate of drug-likeness (QED) is 0.161. The normalized spacial score (nSPS) is 11.5. The van der Waals surface area contributed by atoms with Gasteiger partial charge in [-0.1, -0.05) is 176 Å². The van der Waals surface area contributed by atoms with Crippen LogP contribution in [0.2, 0.25) is 0 Å². The van der Waals surface area contributed by atoms with E-state index in [-0.39, 0.29) is 0 Å². The van der Waals surface area contributed by atoms with E-state index in [2.05, 4.69) is 174 Å². The Kier molecular flexibility index (Phi) is 8.42. The Morgan fingerprint density at radius 3 is 1.58 bits per heavy atom. The zero-order chi connectivity index (χ0) is 41.0. The van der Waals surface area contributed by atoms with E-state index in [0.717, 1.165) is 82.8 Å². The fourth-order valence-electron chi connectivity index (χ4n) is 8.87. The van der Waals surface area contributed by atoms with E-state index in [4.69, 9.17) is 19.4 Å². The maximum Gasteiger partial charge on any atom is 0.164 e. The monoisotopic (exact) mass is 792 g/mol. The van der Waals surface area contributed by atoms with Gasteiger partial charge >= 0.3 is 0 Å². The van der Waals surface area contributed by atoms with E-state index < -0.39 is 0 Å². The molecule has 0 aliphatic heterocycles. The molecule has 12 rings (SSSR count). The summed E-state index contributed by atoms with van der Waals surface area (Å²) in [6.45, 7) is 0. The largest absolute Gasteiger partial charge is 0.456 e. The minimum atomic E-state index is 0.582. The van der Waals surface area contributed by atoms with Gasteiger partial charge in [0.2, 0.25) is 0 Å². The molecule has 0 saturated carbocycles. The van der Waals surface area contributed by atoms with Crippen molar-refractivity contribution in [3.63, 3.8) is 0 Å². The number of para-hydroxylation sites is 1. The van der Waals surface area contributed by atoms with Gasteiger partial charge in [-0.3, -0.25) is 0 Å². The highest BCUT2D eigenvalue weighted by Gasteiger charge is 2.21. The van der Waals surface area contributed by atoms with Crippen LogP contribution in [0, 0.1) is 0 Å². The first-order valence-electron chi connectivity index (χ1n) is 20.8. The summed E-state index contributed by atoms with van der Waals surface area (Å²) in [5, 5.41) is 4.24. The highest BCUT2D eigenvalue weighted by atomic mass is 16.3. The first-order chi connectivity index (χ1) is 30.7. The van der Waals surface area contributed by atoms with Crippen LogP contribution >= 0.6 is 0 Å². The summed E-state index contributed by atoms with van der Waals surface area (Å²) in [6.07, 6.45) is 0. The topological polar surface area (TPSA) is 56.7 Å². The van der Waals surface area contributed by atoms with Crippen LogP contribution in [0.1, 0.15) is 0 Å². The summed E-state index contributed by atoms with van der Waals surface area (Å²) in [7, 11) is 0. The van der Waals surface area contributed by atoms with E-state index in [1.54, 1.807) is 0 Å².